The van der Waals surface area contributed by atoms with Gasteiger partial charge in [-0.25, -0.2) is 0 Å². The Morgan fingerprint density at radius 2 is 1.64 bits per heavy atom. The van der Waals surface area contributed by atoms with E-state index in [0.717, 1.165) is 5.02 Å². The smallest absolute Gasteiger partial charge is 0.0843 e. The molecule has 0 bridgehead atoms. The van der Waals surface area contributed by atoms with Gasteiger partial charge in [-0.3, -0.25) is 0 Å². The van der Waals surface area contributed by atoms with Crippen molar-refractivity contribution in [1.29, 1.82) is 0 Å². The van der Waals surface area contributed by atoms with Gasteiger partial charge in [-0.05, 0) is 30.3 Å². The predicted molar refractivity (Wildman–Crippen MR) is 54.3 cm³/mol. The Balaban J connectivity index is 2.30. The SMILES string of the molecule is Clc1ccc2c(c1)-c1ccccc1[I+]2. The number of fused-ring (bicyclic) bond motifs is 3. The Labute approximate surface area is 98.2 Å². The molecule has 2 aromatic carbocycles. The van der Waals surface area contributed by atoms with E-state index in [1.807, 2.05) is 6.07 Å². The molecule has 0 aromatic heterocycles. The third kappa shape index (κ3) is 1.27. The molecule has 0 saturated heterocycles. The van der Waals surface area contributed by atoms with Crippen LogP contribution in [0.25, 0.3) is 11.1 Å². The number of halogens is 2. The van der Waals surface area contributed by atoms with Gasteiger partial charge in [0.15, 0.2) is 0 Å². The molecular formula is C12H7ClI+. The quantitative estimate of drug-likeness (QED) is 0.529. The van der Waals surface area contributed by atoms with Crippen LogP contribution in [0.1, 0.15) is 0 Å². The molecule has 1 aliphatic heterocycles. The van der Waals surface area contributed by atoms with Crippen molar-refractivity contribution in [3.8, 4) is 11.1 Å². The summed E-state index contributed by atoms with van der Waals surface area (Å²) in [6, 6.07) is 14.9. The largest absolute Gasteiger partial charge is 0.359 e. The van der Waals surface area contributed by atoms with Crippen LogP contribution in [0.2, 0.25) is 5.02 Å². The molecular weight excluding hydrogens is 306 g/mol. The van der Waals surface area contributed by atoms with Crippen molar-refractivity contribution >= 4 is 11.6 Å². The maximum atomic E-state index is 6.00. The second-order valence-corrected chi connectivity index (χ2v) is 6.50. The molecule has 0 radical (unpaired) electrons. The van der Waals surface area contributed by atoms with Gasteiger partial charge in [-0.1, -0.05) is 23.7 Å². The van der Waals surface area contributed by atoms with Crippen molar-refractivity contribution in [2.45, 2.75) is 0 Å². The molecule has 0 nitrogen and oxygen atoms in total. The zero-order valence-corrected chi connectivity index (χ0v) is 10.2. The summed E-state index contributed by atoms with van der Waals surface area (Å²) in [5, 5.41) is 0.837. The van der Waals surface area contributed by atoms with Gasteiger partial charge in [0.1, 0.15) is 0 Å². The minimum Gasteiger partial charge on any atom is -0.0843 e. The zero-order chi connectivity index (χ0) is 9.54. The van der Waals surface area contributed by atoms with Gasteiger partial charge in [0.25, 0.3) is 0 Å². The van der Waals surface area contributed by atoms with Crippen LogP contribution >= 0.6 is 11.6 Å². The predicted octanol–water partition coefficient (Wildman–Crippen LogP) is 0.449. The minimum absolute atomic E-state index is 0.0313. The lowest BCUT2D eigenvalue weighted by Gasteiger charge is -1.94. The second kappa shape index (κ2) is 3.24. The number of rotatable bonds is 0. The first kappa shape index (κ1) is 8.74. The first-order valence-corrected chi connectivity index (χ1v) is 6.92. The standard InChI is InChI=1S/C12H7ClI/c13-8-5-6-12-10(7-8)9-3-1-2-4-11(9)14-12/h1-7H/q+1. The van der Waals surface area contributed by atoms with Crippen LogP contribution in [0, 0.1) is 7.14 Å². The van der Waals surface area contributed by atoms with Crippen molar-refractivity contribution in [3.05, 3.63) is 54.6 Å². The Kier molecular flexibility index (Phi) is 2.03. The maximum Gasteiger partial charge on any atom is 0.359 e. The first-order valence-electron chi connectivity index (χ1n) is 4.38. The van der Waals surface area contributed by atoms with E-state index in [1.165, 1.54) is 18.3 Å². The molecule has 0 atom stereocenters. The van der Waals surface area contributed by atoms with Crippen molar-refractivity contribution < 1.29 is 21.2 Å². The molecule has 2 aromatic rings. The minimum atomic E-state index is 0.0313. The van der Waals surface area contributed by atoms with Crippen LogP contribution in [0.5, 0.6) is 0 Å². The first-order chi connectivity index (χ1) is 6.84. The highest BCUT2D eigenvalue weighted by Gasteiger charge is 2.32. The summed E-state index contributed by atoms with van der Waals surface area (Å²) >= 11 is 6.03. The summed E-state index contributed by atoms with van der Waals surface area (Å²) in [6.07, 6.45) is 0. The summed E-state index contributed by atoms with van der Waals surface area (Å²) in [5.41, 5.74) is 2.73. The molecule has 0 unspecified atom stereocenters. The molecule has 68 valence electrons. The van der Waals surface area contributed by atoms with Crippen LogP contribution in [0.4, 0.5) is 0 Å². The van der Waals surface area contributed by atoms with Crippen molar-refractivity contribution in [2.75, 3.05) is 0 Å². The zero-order valence-electron chi connectivity index (χ0n) is 7.30. The Morgan fingerprint density at radius 3 is 2.57 bits per heavy atom. The molecule has 0 N–H and O–H groups in total. The summed E-state index contributed by atoms with van der Waals surface area (Å²) in [7, 11) is 0. The average Bonchev–Trinajstić information content (AvgIpc) is 2.56. The number of hydrogen-bond acceptors (Lipinski definition) is 0. The van der Waals surface area contributed by atoms with E-state index in [9.17, 15) is 0 Å². The van der Waals surface area contributed by atoms with E-state index in [0.29, 0.717) is 0 Å². The lowest BCUT2D eigenvalue weighted by Crippen LogP contribution is -3.61. The summed E-state index contributed by atoms with van der Waals surface area (Å²) in [6.45, 7) is 0. The normalized spacial score (nSPS) is 12.4. The van der Waals surface area contributed by atoms with Gasteiger partial charge in [-0.2, -0.15) is 0 Å². The van der Waals surface area contributed by atoms with Gasteiger partial charge in [0.05, 0.1) is 0 Å². The molecule has 2 heteroatoms. The molecule has 0 saturated carbocycles. The van der Waals surface area contributed by atoms with Gasteiger partial charge < -0.3 is 0 Å². The molecule has 1 heterocycles. The van der Waals surface area contributed by atoms with Gasteiger partial charge in [0.2, 0.25) is 7.14 Å². The number of benzene rings is 2. The molecule has 0 fully saturated rings. The third-order valence-corrected chi connectivity index (χ3v) is 5.57. The summed E-state index contributed by atoms with van der Waals surface area (Å²) in [5.74, 6) is 0. The van der Waals surface area contributed by atoms with Gasteiger partial charge in [-0.15, -0.1) is 0 Å². The van der Waals surface area contributed by atoms with Gasteiger partial charge in [0, 0.05) is 16.1 Å². The lowest BCUT2D eigenvalue weighted by atomic mass is 10.1. The van der Waals surface area contributed by atoms with Crippen molar-refractivity contribution in [3.63, 3.8) is 0 Å². The van der Waals surface area contributed by atoms with E-state index < -0.39 is 0 Å². The maximum absolute atomic E-state index is 6.00. The van der Waals surface area contributed by atoms with Crippen LogP contribution in [0.15, 0.2) is 42.5 Å². The highest BCUT2D eigenvalue weighted by Crippen LogP contribution is 2.24. The van der Waals surface area contributed by atoms with Crippen molar-refractivity contribution in [1.82, 2.24) is 0 Å². The van der Waals surface area contributed by atoms with E-state index in [4.69, 9.17) is 11.6 Å². The Hall–Kier alpha value is -0.540. The van der Waals surface area contributed by atoms with Crippen LogP contribution in [-0.4, -0.2) is 0 Å². The fourth-order valence-electron chi connectivity index (χ4n) is 1.66. The van der Waals surface area contributed by atoms with Crippen molar-refractivity contribution in [2.24, 2.45) is 0 Å². The van der Waals surface area contributed by atoms with Crippen LogP contribution in [-0.2, 0) is 0 Å². The van der Waals surface area contributed by atoms with Gasteiger partial charge >= 0.3 is 21.2 Å². The Morgan fingerprint density at radius 1 is 0.857 bits per heavy atom. The van der Waals surface area contributed by atoms with E-state index in [-0.39, 0.29) is 21.2 Å². The molecule has 0 spiro atoms. The molecule has 0 amide bonds. The molecule has 3 rings (SSSR count). The fraction of sp³-hybridized carbons (Fsp3) is 0. The third-order valence-electron chi connectivity index (χ3n) is 2.30. The average molecular weight is 314 g/mol. The second-order valence-electron chi connectivity index (χ2n) is 3.20. The number of hydrogen-bond donors (Lipinski definition) is 0. The molecule has 0 aliphatic carbocycles. The highest BCUT2D eigenvalue weighted by atomic mass is 127. The van der Waals surface area contributed by atoms with E-state index in [1.54, 1.807) is 0 Å². The Bertz CT molecular complexity index is 505. The summed E-state index contributed by atoms with van der Waals surface area (Å²) in [4.78, 5) is 0. The highest BCUT2D eigenvalue weighted by molar-refractivity contribution is 6.30. The van der Waals surface area contributed by atoms with Crippen LogP contribution < -0.4 is 21.2 Å². The van der Waals surface area contributed by atoms with Crippen LogP contribution in [0.3, 0.4) is 0 Å². The monoisotopic (exact) mass is 313 g/mol. The molecule has 1 aliphatic rings. The van der Waals surface area contributed by atoms with E-state index in [2.05, 4.69) is 36.4 Å². The molecule has 14 heavy (non-hydrogen) atoms. The summed E-state index contributed by atoms with van der Waals surface area (Å²) < 4.78 is 3.01. The fourth-order valence-corrected chi connectivity index (χ4v) is 4.70. The lowest BCUT2D eigenvalue weighted by molar-refractivity contribution is -0.589. The topological polar surface area (TPSA) is 0 Å². The van der Waals surface area contributed by atoms with E-state index >= 15 is 0 Å².